The van der Waals surface area contributed by atoms with Crippen LogP contribution in [0.25, 0.3) is 11.0 Å². The van der Waals surface area contributed by atoms with E-state index in [0.29, 0.717) is 11.0 Å². The normalized spacial score (nSPS) is 11.4. The van der Waals surface area contributed by atoms with Gasteiger partial charge in [-0.05, 0) is 30.3 Å². The second-order valence-corrected chi connectivity index (χ2v) is 7.18. The number of benzene rings is 2. The third-order valence-electron chi connectivity index (χ3n) is 4.83. The molecular weight excluding hydrogens is 459 g/mol. The molecule has 0 aliphatic rings. The largest absolute Gasteiger partial charge is 0.489 e. The lowest BCUT2D eigenvalue weighted by molar-refractivity contribution is -0.147. The quantitative estimate of drug-likeness (QED) is 0.373. The van der Waals surface area contributed by atoms with Crippen molar-refractivity contribution in [1.29, 1.82) is 0 Å². The highest BCUT2D eigenvalue weighted by Crippen LogP contribution is 2.35. The van der Waals surface area contributed by atoms with E-state index in [1.165, 1.54) is 16.2 Å². The molecule has 0 bridgehead atoms. The molecule has 0 saturated carbocycles. The van der Waals surface area contributed by atoms with Gasteiger partial charge in [-0.15, -0.1) is 0 Å². The minimum absolute atomic E-state index is 0.00738. The zero-order valence-corrected chi connectivity index (χ0v) is 18.3. The fourth-order valence-electron chi connectivity index (χ4n) is 3.19. The van der Waals surface area contributed by atoms with Crippen molar-refractivity contribution >= 4 is 28.6 Å². The van der Waals surface area contributed by atoms with Crippen molar-refractivity contribution in [2.24, 2.45) is 7.05 Å². The lowest BCUT2D eigenvalue weighted by Gasteiger charge is -2.15. The van der Waals surface area contributed by atoms with Crippen LogP contribution in [0, 0.1) is 0 Å². The predicted octanol–water partition coefficient (Wildman–Crippen LogP) is 2.57. The lowest BCUT2D eigenvalue weighted by Crippen LogP contribution is -2.28. The minimum Gasteiger partial charge on any atom is -0.489 e. The number of aryl methyl sites for hydroxylation is 1. The van der Waals surface area contributed by atoms with Gasteiger partial charge in [-0.1, -0.05) is 12.1 Å². The summed E-state index contributed by atoms with van der Waals surface area (Å²) in [4.78, 5) is 36.9. The van der Waals surface area contributed by atoms with Crippen LogP contribution < -0.4 is 15.7 Å². The van der Waals surface area contributed by atoms with E-state index >= 15 is 0 Å². The van der Waals surface area contributed by atoms with E-state index in [1.807, 2.05) is 0 Å². The molecule has 0 atom stereocenters. The average Bonchev–Trinajstić information content (AvgIpc) is 3.03. The number of halogens is 3. The predicted molar refractivity (Wildman–Crippen MR) is 116 cm³/mol. The highest BCUT2D eigenvalue weighted by molar-refractivity contribution is 5.94. The third kappa shape index (κ3) is 5.76. The molecule has 0 aliphatic heterocycles. The fraction of sp³-hybridized carbons (Fsp3) is 0.318. The first-order valence-electron chi connectivity index (χ1n) is 10.0. The second-order valence-electron chi connectivity index (χ2n) is 7.18. The van der Waals surface area contributed by atoms with Crippen LogP contribution in [0.5, 0.6) is 5.75 Å². The van der Waals surface area contributed by atoms with E-state index in [2.05, 4.69) is 5.32 Å². The summed E-state index contributed by atoms with van der Waals surface area (Å²) in [5.41, 5.74) is -0.544. The Labute approximate surface area is 191 Å². The van der Waals surface area contributed by atoms with E-state index in [-0.39, 0.29) is 24.7 Å². The number of amides is 1. The van der Waals surface area contributed by atoms with Crippen molar-refractivity contribution in [2.75, 3.05) is 32.2 Å². The number of hydrogen-bond donors (Lipinski definition) is 1. The van der Waals surface area contributed by atoms with E-state index in [4.69, 9.17) is 14.2 Å². The van der Waals surface area contributed by atoms with Crippen LogP contribution in [0.1, 0.15) is 5.56 Å². The monoisotopic (exact) mass is 481 g/mol. The zero-order chi connectivity index (χ0) is 24.9. The molecule has 0 radical (unpaired) electrons. The Kier molecular flexibility index (Phi) is 7.61. The number of para-hydroxylation sites is 2. The van der Waals surface area contributed by atoms with Crippen LogP contribution in [0.15, 0.2) is 47.3 Å². The van der Waals surface area contributed by atoms with Gasteiger partial charge in [0.05, 0.1) is 28.9 Å². The molecule has 1 N–H and O–H groups in total. The Balaban J connectivity index is 1.67. The molecule has 2 aromatic carbocycles. The molecule has 0 unspecified atom stereocenters. The summed E-state index contributed by atoms with van der Waals surface area (Å²) >= 11 is 0. The molecular formula is C22H22F3N3O6. The first-order valence-corrected chi connectivity index (χ1v) is 10.0. The molecule has 9 nitrogen and oxygen atoms in total. The van der Waals surface area contributed by atoms with Crippen molar-refractivity contribution in [2.45, 2.75) is 12.7 Å². The summed E-state index contributed by atoms with van der Waals surface area (Å²) < 4.78 is 56.9. The smallest absolute Gasteiger partial charge is 0.416 e. The van der Waals surface area contributed by atoms with Crippen LogP contribution in [-0.2, 0) is 38.8 Å². The molecule has 0 aliphatic carbocycles. The summed E-state index contributed by atoms with van der Waals surface area (Å²) in [7, 11) is 2.99. The van der Waals surface area contributed by atoms with Gasteiger partial charge in [-0.3, -0.25) is 18.7 Å². The maximum absolute atomic E-state index is 13.1. The average molecular weight is 481 g/mol. The maximum atomic E-state index is 13.1. The van der Waals surface area contributed by atoms with Gasteiger partial charge in [0.15, 0.2) is 6.61 Å². The highest BCUT2D eigenvalue weighted by Gasteiger charge is 2.31. The standard InChI is InChI=1S/C22H22F3N3O6/c1-27-16-5-3-4-6-17(16)28(21(27)31)12-20(30)34-13-19(29)26-15-11-14(22(23,24)25)7-8-18(15)33-10-9-32-2/h3-8,11H,9-10,12-13H2,1-2H3,(H,26,29). The Morgan fingerprint density at radius 3 is 2.44 bits per heavy atom. The molecule has 1 heterocycles. The summed E-state index contributed by atoms with van der Waals surface area (Å²) in [6, 6.07) is 9.45. The second kappa shape index (κ2) is 10.4. The number of nitrogens with zero attached hydrogens (tertiary/aromatic N) is 2. The topological polar surface area (TPSA) is 101 Å². The van der Waals surface area contributed by atoms with Crippen LogP contribution in [0.3, 0.4) is 0 Å². The Hall–Kier alpha value is -3.80. The number of methoxy groups -OCH3 is 1. The van der Waals surface area contributed by atoms with Gasteiger partial charge in [-0.25, -0.2) is 4.79 Å². The van der Waals surface area contributed by atoms with E-state index in [1.54, 1.807) is 31.3 Å². The van der Waals surface area contributed by atoms with Gasteiger partial charge in [-0.2, -0.15) is 13.2 Å². The van der Waals surface area contributed by atoms with E-state index in [9.17, 15) is 27.6 Å². The molecule has 34 heavy (non-hydrogen) atoms. The summed E-state index contributed by atoms with van der Waals surface area (Å²) in [6.45, 7) is -0.992. The molecule has 1 aromatic heterocycles. The fourth-order valence-corrected chi connectivity index (χ4v) is 3.19. The van der Waals surface area contributed by atoms with Gasteiger partial charge in [0, 0.05) is 14.2 Å². The number of esters is 1. The first kappa shape index (κ1) is 24.8. The Morgan fingerprint density at radius 2 is 1.76 bits per heavy atom. The van der Waals surface area contributed by atoms with Gasteiger partial charge < -0.3 is 19.5 Å². The number of ether oxygens (including phenoxy) is 3. The van der Waals surface area contributed by atoms with Crippen LogP contribution in [-0.4, -0.2) is 47.9 Å². The van der Waals surface area contributed by atoms with Crippen LogP contribution in [0.4, 0.5) is 18.9 Å². The molecule has 3 aromatic rings. The Bertz CT molecular complexity index is 1250. The number of hydrogen-bond acceptors (Lipinski definition) is 6. The molecule has 3 rings (SSSR count). The SMILES string of the molecule is COCCOc1ccc(C(F)(F)F)cc1NC(=O)COC(=O)Cn1c(=O)n(C)c2ccccc21. The highest BCUT2D eigenvalue weighted by atomic mass is 19.4. The van der Waals surface area contributed by atoms with Gasteiger partial charge in [0.2, 0.25) is 0 Å². The third-order valence-corrected chi connectivity index (χ3v) is 4.83. The number of alkyl halides is 3. The van der Waals surface area contributed by atoms with E-state index < -0.39 is 42.5 Å². The van der Waals surface area contributed by atoms with Crippen molar-refractivity contribution in [3.8, 4) is 5.75 Å². The number of carbonyl (C=O) groups is 2. The number of carbonyl (C=O) groups excluding carboxylic acids is 2. The number of fused-ring (bicyclic) bond motifs is 1. The van der Waals surface area contributed by atoms with Crippen molar-refractivity contribution < 1.29 is 37.0 Å². The van der Waals surface area contributed by atoms with Crippen molar-refractivity contribution in [1.82, 2.24) is 9.13 Å². The van der Waals surface area contributed by atoms with Crippen molar-refractivity contribution in [3.63, 3.8) is 0 Å². The lowest BCUT2D eigenvalue weighted by atomic mass is 10.1. The number of rotatable bonds is 9. The maximum Gasteiger partial charge on any atom is 0.416 e. The summed E-state index contributed by atoms with van der Waals surface area (Å²) in [6.07, 6.45) is -4.64. The van der Waals surface area contributed by atoms with Crippen molar-refractivity contribution in [3.05, 3.63) is 58.5 Å². The number of nitrogens with one attached hydrogen (secondary N) is 1. The Morgan fingerprint density at radius 1 is 1.06 bits per heavy atom. The molecule has 1 amide bonds. The minimum atomic E-state index is -4.64. The number of aromatic nitrogens is 2. The molecule has 0 spiro atoms. The number of anilines is 1. The molecule has 12 heteroatoms. The van der Waals surface area contributed by atoms with Gasteiger partial charge >= 0.3 is 17.8 Å². The molecule has 0 fully saturated rings. The zero-order valence-electron chi connectivity index (χ0n) is 18.3. The summed E-state index contributed by atoms with van der Waals surface area (Å²) in [5, 5.41) is 2.26. The van der Waals surface area contributed by atoms with Crippen LogP contribution >= 0.6 is 0 Å². The first-order chi connectivity index (χ1) is 16.1. The summed E-state index contributed by atoms with van der Waals surface area (Å²) in [5.74, 6) is -1.75. The molecule has 182 valence electrons. The van der Waals surface area contributed by atoms with Gasteiger partial charge in [0.25, 0.3) is 5.91 Å². The number of imidazole rings is 1. The molecule has 0 saturated heterocycles. The van der Waals surface area contributed by atoms with Gasteiger partial charge in [0.1, 0.15) is 18.9 Å². The van der Waals surface area contributed by atoms with E-state index in [0.717, 1.165) is 18.2 Å². The van der Waals surface area contributed by atoms with Crippen LogP contribution in [0.2, 0.25) is 0 Å².